The highest BCUT2D eigenvalue weighted by Gasteiger charge is 2.50. The van der Waals surface area contributed by atoms with Crippen LogP contribution >= 0.6 is 0 Å². The quantitative estimate of drug-likeness (QED) is 0.781. The molecule has 0 aliphatic carbocycles. The van der Waals surface area contributed by atoms with Crippen LogP contribution in [0.1, 0.15) is 11.1 Å². The third kappa shape index (κ3) is 1.91. The molecule has 0 bridgehead atoms. The summed E-state index contributed by atoms with van der Waals surface area (Å²) in [5, 5.41) is 13.3. The third-order valence-electron chi connectivity index (χ3n) is 4.41. The van der Waals surface area contributed by atoms with Gasteiger partial charge in [-0.1, -0.05) is 36.4 Å². The number of hydrogen-bond donors (Lipinski definition) is 2. The molecule has 0 saturated heterocycles. The van der Waals surface area contributed by atoms with Gasteiger partial charge in [0.2, 0.25) is 0 Å². The van der Waals surface area contributed by atoms with E-state index in [0.29, 0.717) is 11.3 Å². The van der Waals surface area contributed by atoms with E-state index in [-0.39, 0.29) is 6.42 Å². The standard InChI is InChI=1S/C18H16N2O3/c1-23-20-16-9-5-3-7-14(16)18(22,17(20)21)10-12-11-19-15-8-4-2-6-13(12)15/h2-9,11,19,22H,10H2,1H3/t18-/m0/s1. The molecule has 2 aromatic carbocycles. The summed E-state index contributed by atoms with van der Waals surface area (Å²) in [5.41, 5.74) is 1.40. The van der Waals surface area contributed by atoms with Crippen LogP contribution in [0.3, 0.4) is 0 Å². The van der Waals surface area contributed by atoms with Gasteiger partial charge in [0.05, 0.1) is 12.8 Å². The van der Waals surface area contributed by atoms with Crippen molar-refractivity contribution >= 4 is 22.5 Å². The Hall–Kier alpha value is -2.63. The Morgan fingerprint density at radius 1 is 1.17 bits per heavy atom. The number of nitrogens with one attached hydrogen (secondary N) is 1. The molecule has 1 atom stereocenters. The molecule has 4 rings (SSSR count). The summed E-state index contributed by atoms with van der Waals surface area (Å²) in [6, 6.07) is 15.0. The van der Waals surface area contributed by atoms with Crippen LogP contribution in [0.4, 0.5) is 5.69 Å². The Bertz CT molecular complexity index is 902. The summed E-state index contributed by atoms with van der Waals surface area (Å²) >= 11 is 0. The molecule has 23 heavy (non-hydrogen) atoms. The fourth-order valence-corrected chi connectivity index (χ4v) is 3.30. The highest BCUT2D eigenvalue weighted by molar-refractivity contribution is 6.05. The smallest absolute Gasteiger partial charge is 0.287 e. The number of anilines is 1. The number of carbonyl (C=O) groups excluding carboxylic acids is 1. The molecule has 1 aliphatic heterocycles. The van der Waals surface area contributed by atoms with Crippen molar-refractivity contribution in [2.24, 2.45) is 0 Å². The Kier molecular flexibility index (Phi) is 3.01. The predicted molar refractivity (Wildman–Crippen MR) is 86.8 cm³/mol. The normalized spacial score (nSPS) is 20.3. The number of aromatic nitrogens is 1. The van der Waals surface area contributed by atoms with Crippen molar-refractivity contribution in [3.8, 4) is 0 Å². The lowest BCUT2D eigenvalue weighted by atomic mass is 9.88. The Morgan fingerprint density at radius 2 is 1.91 bits per heavy atom. The van der Waals surface area contributed by atoms with Crippen LogP contribution in [0.25, 0.3) is 10.9 Å². The number of carbonyl (C=O) groups is 1. The molecular formula is C18H16N2O3. The zero-order valence-electron chi connectivity index (χ0n) is 12.6. The highest BCUT2D eigenvalue weighted by atomic mass is 16.7. The highest BCUT2D eigenvalue weighted by Crippen LogP contribution is 2.42. The van der Waals surface area contributed by atoms with Crippen LogP contribution in [0, 0.1) is 0 Å². The number of H-pyrrole nitrogens is 1. The van der Waals surface area contributed by atoms with E-state index in [1.165, 1.54) is 7.11 Å². The number of aliphatic hydroxyl groups is 1. The zero-order valence-corrected chi connectivity index (χ0v) is 12.6. The number of hydroxylamine groups is 1. The summed E-state index contributed by atoms with van der Waals surface area (Å²) in [5.74, 6) is -0.466. The zero-order chi connectivity index (χ0) is 16.0. The average molecular weight is 308 g/mol. The number of nitrogens with zero attached hydrogens (tertiary/aromatic N) is 1. The van der Waals surface area contributed by atoms with Crippen molar-refractivity contribution in [1.82, 2.24) is 4.98 Å². The summed E-state index contributed by atoms with van der Waals surface area (Å²) in [6.45, 7) is 0. The number of rotatable bonds is 3. The molecule has 0 unspecified atom stereocenters. The van der Waals surface area contributed by atoms with E-state index in [9.17, 15) is 9.90 Å². The SMILES string of the molecule is CON1C(=O)[C@](O)(Cc2c[nH]c3ccccc23)c2ccccc21. The van der Waals surface area contributed by atoms with Gasteiger partial charge in [0.1, 0.15) is 0 Å². The molecule has 2 N–H and O–H groups in total. The number of fused-ring (bicyclic) bond motifs is 2. The van der Waals surface area contributed by atoms with Crippen LogP contribution in [0.5, 0.6) is 0 Å². The van der Waals surface area contributed by atoms with Crippen LogP contribution in [-0.2, 0) is 21.7 Å². The van der Waals surface area contributed by atoms with Gasteiger partial charge in [-0.05, 0) is 17.7 Å². The minimum absolute atomic E-state index is 0.187. The van der Waals surface area contributed by atoms with Crippen molar-refractivity contribution < 1.29 is 14.7 Å². The average Bonchev–Trinajstić information content (AvgIpc) is 3.07. The molecule has 2 heterocycles. The first kappa shape index (κ1) is 14.0. The molecular weight excluding hydrogens is 292 g/mol. The Morgan fingerprint density at radius 3 is 2.74 bits per heavy atom. The van der Waals surface area contributed by atoms with Crippen LogP contribution in [0.15, 0.2) is 54.7 Å². The lowest BCUT2D eigenvalue weighted by Gasteiger charge is -2.21. The van der Waals surface area contributed by atoms with Crippen molar-refractivity contribution in [3.63, 3.8) is 0 Å². The van der Waals surface area contributed by atoms with Crippen LogP contribution in [0.2, 0.25) is 0 Å². The van der Waals surface area contributed by atoms with E-state index < -0.39 is 11.5 Å². The van der Waals surface area contributed by atoms with E-state index in [4.69, 9.17) is 4.84 Å². The molecule has 5 nitrogen and oxygen atoms in total. The lowest BCUT2D eigenvalue weighted by Crippen LogP contribution is -2.41. The number of aromatic amines is 1. The predicted octanol–water partition coefficient (Wildman–Crippen LogP) is 2.51. The monoisotopic (exact) mass is 308 g/mol. The molecule has 116 valence electrons. The van der Waals surface area contributed by atoms with Gasteiger partial charge in [-0.25, -0.2) is 0 Å². The molecule has 1 aliphatic rings. The molecule has 0 saturated carbocycles. The maximum absolute atomic E-state index is 12.7. The van der Waals surface area contributed by atoms with E-state index in [1.807, 2.05) is 42.6 Å². The molecule has 1 amide bonds. The van der Waals surface area contributed by atoms with Gasteiger partial charge < -0.3 is 10.1 Å². The maximum atomic E-state index is 12.7. The van der Waals surface area contributed by atoms with Gasteiger partial charge in [0.15, 0.2) is 5.60 Å². The second-order valence-corrected chi connectivity index (χ2v) is 5.70. The fourth-order valence-electron chi connectivity index (χ4n) is 3.30. The molecule has 5 heteroatoms. The Labute approximate surface area is 133 Å². The molecule has 0 radical (unpaired) electrons. The van der Waals surface area contributed by atoms with Gasteiger partial charge >= 0.3 is 0 Å². The number of benzene rings is 2. The molecule has 0 spiro atoms. The van der Waals surface area contributed by atoms with Crippen molar-refractivity contribution in [3.05, 3.63) is 65.9 Å². The Balaban J connectivity index is 1.83. The molecule has 3 aromatic rings. The number of amides is 1. The molecule has 1 aromatic heterocycles. The summed E-state index contributed by atoms with van der Waals surface area (Å²) in [7, 11) is 1.42. The largest absolute Gasteiger partial charge is 0.375 e. The first-order valence-electron chi connectivity index (χ1n) is 7.40. The van der Waals surface area contributed by atoms with Crippen LogP contribution < -0.4 is 5.06 Å². The van der Waals surface area contributed by atoms with Gasteiger partial charge in [-0.3, -0.25) is 9.63 Å². The first-order chi connectivity index (χ1) is 11.1. The first-order valence-corrected chi connectivity index (χ1v) is 7.40. The van der Waals surface area contributed by atoms with Crippen molar-refractivity contribution in [2.45, 2.75) is 12.0 Å². The topological polar surface area (TPSA) is 65.6 Å². The van der Waals surface area contributed by atoms with Crippen molar-refractivity contribution in [2.75, 3.05) is 12.2 Å². The van der Waals surface area contributed by atoms with E-state index >= 15 is 0 Å². The summed E-state index contributed by atoms with van der Waals surface area (Å²) in [4.78, 5) is 21.1. The van der Waals surface area contributed by atoms with Gasteiger partial charge in [0, 0.05) is 29.1 Å². The minimum atomic E-state index is -1.63. The lowest BCUT2D eigenvalue weighted by molar-refractivity contribution is -0.142. The van der Waals surface area contributed by atoms with E-state index in [0.717, 1.165) is 21.5 Å². The summed E-state index contributed by atoms with van der Waals surface area (Å²) < 4.78 is 0. The summed E-state index contributed by atoms with van der Waals surface area (Å²) in [6.07, 6.45) is 2.03. The minimum Gasteiger partial charge on any atom is -0.375 e. The van der Waals surface area contributed by atoms with Crippen molar-refractivity contribution in [1.29, 1.82) is 0 Å². The van der Waals surface area contributed by atoms with E-state index in [1.54, 1.807) is 12.1 Å². The third-order valence-corrected chi connectivity index (χ3v) is 4.41. The van der Waals surface area contributed by atoms with Gasteiger partial charge in [-0.2, -0.15) is 5.06 Å². The van der Waals surface area contributed by atoms with Gasteiger partial charge in [0.25, 0.3) is 5.91 Å². The fraction of sp³-hybridized carbons (Fsp3) is 0.167. The van der Waals surface area contributed by atoms with Crippen LogP contribution in [-0.4, -0.2) is 23.1 Å². The van der Waals surface area contributed by atoms with Gasteiger partial charge in [-0.15, -0.1) is 0 Å². The number of hydrogen-bond acceptors (Lipinski definition) is 3. The second kappa shape index (κ2) is 4.94. The van der Waals surface area contributed by atoms with E-state index in [2.05, 4.69) is 4.98 Å². The maximum Gasteiger partial charge on any atom is 0.287 e. The number of para-hydroxylation sites is 2. The molecule has 0 fully saturated rings. The second-order valence-electron chi connectivity index (χ2n) is 5.70.